The first-order chi connectivity index (χ1) is 11.8. The minimum absolute atomic E-state index is 0.0748. The van der Waals surface area contributed by atoms with Crippen LogP contribution < -0.4 is 0 Å². The third-order valence-corrected chi connectivity index (χ3v) is 9.50. The fraction of sp³-hybridized carbons (Fsp3) is 0.857. The Kier molecular flexibility index (Phi) is 3.19. The van der Waals surface area contributed by atoms with Gasteiger partial charge in [0, 0.05) is 0 Å². The molecule has 1 aromatic heterocycles. The summed E-state index contributed by atoms with van der Waals surface area (Å²) >= 11 is 0. The Morgan fingerprint density at radius 2 is 1.80 bits per heavy atom. The van der Waals surface area contributed by atoms with Crippen molar-refractivity contribution in [3.63, 3.8) is 0 Å². The van der Waals surface area contributed by atoms with Crippen LogP contribution in [0, 0.1) is 34.5 Å². The Morgan fingerprint density at radius 3 is 2.60 bits per heavy atom. The summed E-state index contributed by atoms with van der Waals surface area (Å²) in [5, 5.41) is 29.3. The fourth-order valence-corrected chi connectivity index (χ4v) is 7.84. The van der Waals surface area contributed by atoms with Crippen LogP contribution in [0.1, 0.15) is 76.7 Å². The molecule has 1 aromatic rings. The first kappa shape index (κ1) is 16.3. The van der Waals surface area contributed by atoms with E-state index in [1.165, 1.54) is 24.8 Å². The normalized spacial score (nSPS) is 54.4. The van der Waals surface area contributed by atoms with E-state index < -0.39 is 11.7 Å². The largest absolute Gasteiger partial charge is 0.390 e. The van der Waals surface area contributed by atoms with Crippen LogP contribution in [-0.4, -0.2) is 26.0 Å². The van der Waals surface area contributed by atoms with Gasteiger partial charge in [-0.1, -0.05) is 13.8 Å². The molecule has 4 nitrogen and oxygen atoms in total. The van der Waals surface area contributed by atoms with E-state index in [0.29, 0.717) is 23.7 Å². The van der Waals surface area contributed by atoms with Gasteiger partial charge in [-0.2, -0.15) is 5.10 Å². The maximum Gasteiger partial charge on any atom is 0.0990 e. The molecule has 0 amide bonds. The molecular formula is C21H32N2O2. The average molecular weight is 344 g/mol. The summed E-state index contributed by atoms with van der Waals surface area (Å²) in [5.74, 6) is 2.35. The third kappa shape index (κ3) is 1.88. The number of aromatic nitrogens is 2. The molecule has 138 valence electrons. The van der Waals surface area contributed by atoms with Gasteiger partial charge in [0.25, 0.3) is 0 Å². The Morgan fingerprint density at radius 1 is 1.04 bits per heavy atom. The predicted octanol–water partition coefficient (Wildman–Crippen LogP) is 3.61. The van der Waals surface area contributed by atoms with Gasteiger partial charge in [-0.15, -0.1) is 0 Å². The Labute approximate surface area is 150 Å². The minimum atomic E-state index is -0.510. The topological polar surface area (TPSA) is 69.1 Å². The van der Waals surface area contributed by atoms with Crippen LogP contribution in [0.15, 0.2) is 6.20 Å². The van der Waals surface area contributed by atoms with Crippen molar-refractivity contribution >= 4 is 0 Å². The lowest BCUT2D eigenvalue weighted by Crippen LogP contribution is -2.57. The van der Waals surface area contributed by atoms with Crippen molar-refractivity contribution in [2.75, 3.05) is 0 Å². The van der Waals surface area contributed by atoms with E-state index >= 15 is 0 Å². The molecule has 0 saturated heterocycles. The van der Waals surface area contributed by atoms with Crippen molar-refractivity contribution in [2.45, 2.75) is 77.4 Å². The lowest BCUT2D eigenvalue weighted by molar-refractivity contribution is -0.156. The van der Waals surface area contributed by atoms with Crippen molar-refractivity contribution in [3.8, 4) is 0 Å². The van der Waals surface area contributed by atoms with Crippen LogP contribution in [0.4, 0.5) is 0 Å². The van der Waals surface area contributed by atoms with Crippen LogP contribution in [0.2, 0.25) is 0 Å². The second-order valence-electron chi connectivity index (χ2n) is 10.3. The van der Waals surface area contributed by atoms with Crippen LogP contribution in [-0.2, 0) is 6.42 Å². The van der Waals surface area contributed by atoms with Gasteiger partial charge in [-0.05, 0) is 91.9 Å². The fourth-order valence-electron chi connectivity index (χ4n) is 7.84. The number of nitrogens with one attached hydrogen (secondary N) is 1. The highest BCUT2D eigenvalue weighted by molar-refractivity contribution is 5.28. The summed E-state index contributed by atoms with van der Waals surface area (Å²) in [4.78, 5) is 0. The minimum Gasteiger partial charge on any atom is -0.390 e. The lowest BCUT2D eigenvalue weighted by atomic mass is 9.44. The summed E-state index contributed by atoms with van der Waals surface area (Å²) in [6.45, 7) is 6.85. The van der Waals surface area contributed by atoms with Gasteiger partial charge in [0.15, 0.2) is 0 Å². The Balaban J connectivity index is 1.53. The van der Waals surface area contributed by atoms with Crippen molar-refractivity contribution < 1.29 is 10.2 Å². The van der Waals surface area contributed by atoms with Gasteiger partial charge >= 0.3 is 0 Å². The maximum absolute atomic E-state index is 11.0. The second kappa shape index (κ2) is 4.89. The second-order valence-corrected chi connectivity index (χ2v) is 10.3. The molecule has 25 heavy (non-hydrogen) atoms. The highest BCUT2D eigenvalue weighted by Crippen LogP contribution is 2.68. The zero-order valence-corrected chi connectivity index (χ0v) is 15.8. The molecule has 0 aliphatic heterocycles. The standard InChI is InChI=1S/C21H32N2O2/c1-19-10-12-11-22-23-17(12)18(24)16(19)5-4-13-14(19)6-8-20(2)15(13)7-9-21(20,3)25/h11,13-16,18,24-25H,4-10H2,1-3H3,(H,22,23)/t13-,14+,15+,16+,18+,19-,20+,21+/m1/s1. The number of rotatable bonds is 0. The maximum atomic E-state index is 11.0. The van der Waals surface area contributed by atoms with Crippen LogP contribution in [0.3, 0.4) is 0 Å². The zero-order chi connectivity index (χ0) is 17.6. The summed E-state index contributed by atoms with van der Waals surface area (Å²) in [6.07, 6.45) is 9.34. The molecule has 3 N–H and O–H groups in total. The van der Waals surface area contributed by atoms with Gasteiger partial charge in [-0.25, -0.2) is 0 Å². The molecule has 0 spiro atoms. The van der Waals surface area contributed by atoms with E-state index in [2.05, 4.69) is 31.0 Å². The molecule has 0 unspecified atom stereocenters. The number of H-pyrrole nitrogens is 1. The predicted molar refractivity (Wildman–Crippen MR) is 95.8 cm³/mol. The Bertz CT molecular complexity index is 698. The van der Waals surface area contributed by atoms with Crippen molar-refractivity contribution in [1.29, 1.82) is 0 Å². The van der Waals surface area contributed by atoms with E-state index in [1.54, 1.807) is 0 Å². The van der Waals surface area contributed by atoms with Gasteiger partial charge in [0.1, 0.15) is 0 Å². The molecule has 3 fully saturated rings. The van der Waals surface area contributed by atoms with Crippen molar-refractivity contribution in [3.05, 3.63) is 17.5 Å². The molecule has 5 rings (SSSR count). The number of aromatic amines is 1. The molecule has 0 bridgehead atoms. The summed E-state index contributed by atoms with van der Waals surface area (Å²) in [5.41, 5.74) is 1.91. The average Bonchev–Trinajstić information content (AvgIpc) is 3.10. The van der Waals surface area contributed by atoms with Gasteiger partial charge in [0.2, 0.25) is 0 Å². The van der Waals surface area contributed by atoms with E-state index in [-0.39, 0.29) is 10.8 Å². The summed E-state index contributed by atoms with van der Waals surface area (Å²) < 4.78 is 0. The van der Waals surface area contributed by atoms with Gasteiger partial charge in [-0.3, -0.25) is 5.10 Å². The van der Waals surface area contributed by atoms with Crippen LogP contribution in [0.25, 0.3) is 0 Å². The monoisotopic (exact) mass is 344 g/mol. The van der Waals surface area contributed by atoms with Crippen LogP contribution >= 0.6 is 0 Å². The summed E-state index contributed by atoms with van der Waals surface area (Å²) in [7, 11) is 0. The SMILES string of the molecule is C[C@]12Cc3cn[nH]c3[C@@H](O)[C@@H]1CC[C@@H]1[C@@H]2CC[C@@]2(C)[C@H]1CC[C@]2(C)O. The molecule has 1 heterocycles. The molecule has 4 heteroatoms. The van der Waals surface area contributed by atoms with Gasteiger partial charge in [0.05, 0.1) is 23.6 Å². The molecule has 4 aliphatic carbocycles. The number of hydrogen-bond acceptors (Lipinski definition) is 3. The van der Waals surface area contributed by atoms with E-state index in [1.807, 2.05) is 6.20 Å². The zero-order valence-electron chi connectivity index (χ0n) is 15.8. The number of aliphatic hydroxyl groups excluding tert-OH is 1. The quantitative estimate of drug-likeness (QED) is 0.673. The highest BCUT2D eigenvalue weighted by Gasteiger charge is 2.64. The first-order valence-corrected chi connectivity index (χ1v) is 10.2. The van der Waals surface area contributed by atoms with E-state index in [4.69, 9.17) is 0 Å². The third-order valence-electron chi connectivity index (χ3n) is 9.50. The molecule has 0 aromatic carbocycles. The van der Waals surface area contributed by atoms with Crippen LogP contribution in [0.5, 0.6) is 0 Å². The smallest absolute Gasteiger partial charge is 0.0990 e. The van der Waals surface area contributed by atoms with Gasteiger partial charge < -0.3 is 10.2 Å². The van der Waals surface area contributed by atoms with Crippen molar-refractivity contribution in [1.82, 2.24) is 10.2 Å². The lowest BCUT2D eigenvalue weighted by Gasteiger charge is -2.61. The van der Waals surface area contributed by atoms with E-state index in [0.717, 1.165) is 31.4 Å². The molecular weight excluding hydrogens is 312 g/mol. The number of hydrogen-bond donors (Lipinski definition) is 3. The number of fused-ring (bicyclic) bond motifs is 6. The van der Waals surface area contributed by atoms with Crippen molar-refractivity contribution in [2.24, 2.45) is 34.5 Å². The van der Waals surface area contributed by atoms with E-state index in [9.17, 15) is 10.2 Å². The molecule has 0 radical (unpaired) electrons. The Hall–Kier alpha value is -0.870. The number of aliphatic hydroxyl groups is 2. The first-order valence-electron chi connectivity index (χ1n) is 10.2. The highest BCUT2D eigenvalue weighted by atomic mass is 16.3. The molecule has 8 atom stereocenters. The number of nitrogens with zero attached hydrogens (tertiary/aromatic N) is 1. The molecule has 4 aliphatic rings. The summed E-state index contributed by atoms with van der Waals surface area (Å²) in [6, 6.07) is 0. The molecule has 3 saturated carbocycles.